The van der Waals surface area contributed by atoms with Crippen LogP contribution in [0.5, 0.6) is 11.5 Å². The smallest absolute Gasteiger partial charge is 0.290 e. The summed E-state index contributed by atoms with van der Waals surface area (Å²) in [6, 6.07) is 12.0. The molecule has 0 bridgehead atoms. The van der Waals surface area contributed by atoms with Crippen molar-refractivity contribution in [2.24, 2.45) is 0 Å². The summed E-state index contributed by atoms with van der Waals surface area (Å²) in [4.78, 5) is 30.6. The fraction of sp³-hybridized carbons (Fsp3) is 0.333. The monoisotopic (exact) mass is 422 g/mol. The van der Waals surface area contributed by atoms with Crippen LogP contribution in [0.25, 0.3) is 11.0 Å². The third-order valence-electron chi connectivity index (χ3n) is 5.61. The molecular formula is C24H26N2O5. The highest BCUT2D eigenvalue weighted by Crippen LogP contribution is 2.39. The Bertz CT molecular complexity index is 1170. The van der Waals surface area contributed by atoms with Gasteiger partial charge in [0.1, 0.15) is 17.1 Å². The van der Waals surface area contributed by atoms with E-state index in [1.165, 1.54) is 0 Å². The van der Waals surface area contributed by atoms with E-state index in [9.17, 15) is 9.59 Å². The van der Waals surface area contributed by atoms with Gasteiger partial charge in [0.05, 0.1) is 31.2 Å². The molecule has 1 aliphatic rings. The van der Waals surface area contributed by atoms with Crippen LogP contribution in [0.3, 0.4) is 0 Å². The molecule has 31 heavy (non-hydrogen) atoms. The van der Waals surface area contributed by atoms with E-state index in [0.717, 1.165) is 18.5 Å². The summed E-state index contributed by atoms with van der Waals surface area (Å²) in [7, 11) is 7.13. The summed E-state index contributed by atoms with van der Waals surface area (Å²) >= 11 is 0. The maximum Gasteiger partial charge on any atom is 0.290 e. The average molecular weight is 422 g/mol. The molecule has 0 spiro atoms. The summed E-state index contributed by atoms with van der Waals surface area (Å²) in [5.41, 5.74) is 1.39. The van der Waals surface area contributed by atoms with Gasteiger partial charge in [-0.1, -0.05) is 12.1 Å². The molecule has 2 aromatic carbocycles. The Morgan fingerprint density at radius 3 is 2.32 bits per heavy atom. The molecular weight excluding hydrogens is 396 g/mol. The van der Waals surface area contributed by atoms with Gasteiger partial charge in [0.15, 0.2) is 5.43 Å². The predicted octanol–water partition coefficient (Wildman–Crippen LogP) is 3.31. The number of ether oxygens (including phenoxy) is 2. The maximum absolute atomic E-state index is 13.5. The summed E-state index contributed by atoms with van der Waals surface area (Å²) < 4.78 is 16.5. The second kappa shape index (κ2) is 8.43. The molecule has 7 nitrogen and oxygen atoms in total. The van der Waals surface area contributed by atoms with Crippen LogP contribution in [-0.2, 0) is 0 Å². The highest BCUT2D eigenvalue weighted by atomic mass is 16.5. The summed E-state index contributed by atoms with van der Waals surface area (Å²) in [5.74, 6) is 1.12. The third-order valence-corrected chi connectivity index (χ3v) is 5.61. The van der Waals surface area contributed by atoms with Gasteiger partial charge >= 0.3 is 0 Å². The first kappa shape index (κ1) is 20.9. The van der Waals surface area contributed by atoms with Gasteiger partial charge < -0.3 is 23.7 Å². The molecule has 3 aromatic rings. The van der Waals surface area contributed by atoms with E-state index in [2.05, 4.69) is 4.90 Å². The third kappa shape index (κ3) is 3.77. The Morgan fingerprint density at radius 1 is 1.00 bits per heavy atom. The van der Waals surface area contributed by atoms with Crippen molar-refractivity contribution in [3.05, 3.63) is 69.6 Å². The van der Waals surface area contributed by atoms with Crippen LogP contribution in [0.2, 0.25) is 0 Å². The molecule has 1 aromatic heterocycles. The van der Waals surface area contributed by atoms with Gasteiger partial charge in [-0.05, 0) is 56.9 Å². The maximum atomic E-state index is 13.5. The number of benzene rings is 2. The number of fused-ring (bicyclic) bond motifs is 2. The van der Waals surface area contributed by atoms with Gasteiger partial charge in [0, 0.05) is 12.6 Å². The lowest BCUT2D eigenvalue weighted by Gasteiger charge is -2.25. The van der Waals surface area contributed by atoms with Crippen molar-refractivity contribution < 1.29 is 18.7 Å². The van der Waals surface area contributed by atoms with Crippen molar-refractivity contribution in [3.8, 4) is 11.5 Å². The van der Waals surface area contributed by atoms with Crippen LogP contribution in [0.15, 0.2) is 51.7 Å². The number of rotatable bonds is 7. The lowest BCUT2D eigenvalue weighted by molar-refractivity contribution is 0.0722. The highest BCUT2D eigenvalue weighted by Gasteiger charge is 2.42. The Balaban J connectivity index is 1.86. The fourth-order valence-corrected chi connectivity index (χ4v) is 4.05. The number of amides is 1. The number of hydrogen-bond acceptors (Lipinski definition) is 6. The normalized spacial score (nSPS) is 15.6. The minimum Gasteiger partial charge on any atom is -0.497 e. The van der Waals surface area contributed by atoms with Crippen molar-refractivity contribution in [2.75, 3.05) is 41.4 Å². The van der Waals surface area contributed by atoms with Gasteiger partial charge in [-0.2, -0.15) is 0 Å². The second-order valence-electron chi connectivity index (χ2n) is 7.87. The van der Waals surface area contributed by atoms with Gasteiger partial charge in [0.25, 0.3) is 5.91 Å². The molecule has 0 unspecified atom stereocenters. The quantitative estimate of drug-likeness (QED) is 0.582. The molecule has 0 aliphatic carbocycles. The Labute approximate surface area is 180 Å². The number of nitrogens with zero attached hydrogens (tertiary/aromatic N) is 2. The first-order valence-corrected chi connectivity index (χ1v) is 10.2. The van der Waals surface area contributed by atoms with Crippen LogP contribution in [-0.4, -0.2) is 57.1 Å². The molecule has 7 heteroatoms. The molecule has 162 valence electrons. The van der Waals surface area contributed by atoms with Crippen LogP contribution < -0.4 is 14.9 Å². The minimum absolute atomic E-state index is 0.108. The van der Waals surface area contributed by atoms with Crippen molar-refractivity contribution in [1.29, 1.82) is 0 Å². The first-order valence-electron chi connectivity index (χ1n) is 10.2. The van der Waals surface area contributed by atoms with Crippen LogP contribution in [0.1, 0.15) is 34.1 Å². The van der Waals surface area contributed by atoms with Gasteiger partial charge in [-0.25, -0.2) is 0 Å². The van der Waals surface area contributed by atoms with E-state index in [0.29, 0.717) is 34.6 Å². The van der Waals surface area contributed by atoms with Crippen LogP contribution in [0.4, 0.5) is 0 Å². The van der Waals surface area contributed by atoms with Gasteiger partial charge in [-0.3, -0.25) is 9.59 Å². The second-order valence-corrected chi connectivity index (χ2v) is 7.87. The number of hydrogen-bond donors (Lipinski definition) is 0. The number of carbonyl (C=O) groups excluding carboxylic acids is 1. The molecule has 0 saturated heterocycles. The summed E-state index contributed by atoms with van der Waals surface area (Å²) in [6.45, 7) is 1.34. The first-order chi connectivity index (χ1) is 14.9. The fourth-order valence-electron chi connectivity index (χ4n) is 4.05. The number of methoxy groups -OCH3 is 2. The van der Waals surface area contributed by atoms with E-state index < -0.39 is 6.04 Å². The molecule has 0 fully saturated rings. The van der Waals surface area contributed by atoms with E-state index in [4.69, 9.17) is 13.9 Å². The summed E-state index contributed by atoms with van der Waals surface area (Å²) in [6.07, 6.45) is 0.779. The highest BCUT2D eigenvalue weighted by molar-refractivity contribution is 5.99. The zero-order valence-electron chi connectivity index (χ0n) is 18.2. The standard InChI is InChI=1S/C24H26N2O5/c1-25(2)12-5-13-26-21(15-6-8-16(29-3)9-7-15)20-22(27)18-11-10-17(30-4)14-19(18)31-23(20)24(26)28/h6-11,14,21H,5,12-13H2,1-4H3/t21-/m0/s1. The van der Waals surface area contributed by atoms with Crippen molar-refractivity contribution >= 4 is 16.9 Å². The van der Waals surface area contributed by atoms with E-state index in [1.807, 2.05) is 38.4 Å². The number of carbonyl (C=O) groups is 1. The van der Waals surface area contributed by atoms with Crippen molar-refractivity contribution in [3.63, 3.8) is 0 Å². The molecule has 1 aliphatic heterocycles. The van der Waals surface area contributed by atoms with Gasteiger partial charge in [0.2, 0.25) is 5.76 Å². The molecule has 1 atom stereocenters. The molecule has 1 amide bonds. The van der Waals surface area contributed by atoms with E-state index >= 15 is 0 Å². The van der Waals surface area contributed by atoms with Crippen molar-refractivity contribution in [1.82, 2.24) is 9.80 Å². The molecule has 0 N–H and O–H groups in total. The lowest BCUT2D eigenvalue weighted by atomic mass is 9.98. The lowest BCUT2D eigenvalue weighted by Crippen LogP contribution is -2.32. The van der Waals surface area contributed by atoms with Crippen LogP contribution in [0, 0.1) is 0 Å². The Morgan fingerprint density at radius 2 is 1.68 bits per heavy atom. The summed E-state index contributed by atoms with van der Waals surface area (Å²) in [5, 5.41) is 0.431. The SMILES string of the molecule is COc1ccc([C@H]2c3c(oc4cc(OC)ccc4c3=O)C(=O)N2CCCN(C)C)cc1. The Kier molecular flexibility index (Phi) is 5.69. The largest absolute Gasteiger partial charge is 0.497 e. The molecule has 0 saturated carbocycles. The van der Waals surface area contributed by atoms with E-state index in [1.54, 1.807) is 37.3 Å². The molecule has 4 rings (SSSR count). The predicted molar refractivity (Wildman–Crippen MR) is 118 cm³/mol. The zero-order valence-corrected chi connectivity index (χ0v) is 18.2. The molecule has 0 radical (unpaired) electrons. The minimum atomic E-state index is -0.502. The zero-order chi connectivity index (χ0) is 22.1. The van der Waals surface area contributed by atoms with Crippen LogP contribution >= 0.6 is 0 Å². The van der Waals surface area contributed by atoms with Gasteiger partial charge in [-0.15, -0.1) is 0 Å². The molecule has 2 heterocycles. The van der Waals surface area contributed by atoms with Crippen molar-refractivity contribution in [2.45, 2.75) is 12.5 Å². The topological polar surface area (TPSA) is 72.2 Å². The van der Waals surface area contributed by atoms with E-state index in [-0.39, 0.29) is 17.1 Å². The Hall–Kier alpha value is -3.32. The average Bonchev–Trinajstić information content (AvgIpc) is 3.05.